The van der Waals surface area contributed by atoms with Crippen molar-refractivity contribution in [2.75, 3.05) is 32.0 Å². The average Bonchev–Trinajstić information content (AvgIpc) is 3.22. The van der Waals surface area contributed by atoms with Crippen molar-refractivity contribution in [3.05, 3.63) is 41.5 Å². The van der Waals surface area contributed by atoms with Gasteiger partial charge in [-0.2, -0.15) is 0 Å². The Bertz CT molecular complexity index is 819. The minimum atomic E-state index is -3.19. The fourth-order valence-corrected chi connectivity index (χ4v) is 6.35. The number of aliphatic hydroxyl groups is 1. The number of hydrogen-bond acceptors (Lipinski definition) is 4. The number of hydrogen-bond donors (Lipinski definition) is 1. The molecule has 1 aliphatic carbocycles. The zero-order chi connectivity index (χ0) is 19.7. The smallest absolute Gasteiger partial charge is 0.213 e. The zero-order valence-corrected chi connectivity index (χ0v) is 17.6. The van der Waals surface area contributed by atoms with Gasteiger partial charge in [-0.25, -0.2) is 12.7 Å². The van der Waals surface area contributed by atoms with Crippen LogP contribution in [0.1, 0.15) is 56.1 Å². The van der Waals surface area contributed by atoms with E-state index < -0.39 is 10.0 Å². The van der Waals surface area contributed by atoms with Crippen LogP contribution in [0.4, 0.5) is 0 Å². The Balaban J connectivity index is 1.58. The van der Waals surface area contributed by atoms with Crippen LogP contribution in [0.3, 0.4) is 0 Å². The van der Waals surface area contributed by atoms with Gasteiger partial charge >= 0.3 is 0 Å². The van der Waals surface area contributed by atoms with E-state index in [-0.39, 0.29) is 30.4 Å². The van der Waals surface area contributed by atoms with Gasteiger partial charge in [-0.05, 0) is 62.3 Å². The van der Waals surface area contributed by atoms with Crippen molar-refractivity contribution < 1.29 is 13.5 Å². The molecule has 1 aromatic rings. The molecule has 6 heteroatoms. The maximum atomic E-state index is 12.5. The van der Waals surface area contributed by atoms with Gasteiger partial charge in [0.25, 0.3) is 0 Å². The van der Waals surface area contributed by atoms with Gasteiger partial charge in [-0.1, -0.05) is 30.3 Å². The Morgan fingerprint density at radius 3 is 2.50 bits per heavy atom. The second-order valence-corrected chi connectivity index (χ2v) is 10.5. The van der Waals surface area contributed by atoms with Crippen LogP contribution in [0, 0.1) is 0 Å². The topological polar surface area (TPSA) is 60.9 Å². The molecule has 0 amide bonds. The molecule has 2 heterocycles. The molecule has 1 aromatic carbocycles. The summed E-state index contributed by atoms with van der Waals surface area (Å²) in [5.74, 6) is 0.335. The third kappa shape index (κ3) is 3.67. The van der Waals surface area contributed by atoms with E-state index in [1.807, 2.05) is 0 Å². The summed E-state index contributed by atoms with van der Waals surface area (Å²) in [6.07, 6.45) is 7.76. The Hall–Kier alpha value is -1.21. The Morgan fingerprint density at radius 1 is 1.11 bits per heavy atom. The summed E-state index contributed by atoms with van der Waals surface area (Å²) < 4.78 is 26.7. The predicted molar refractivity (Wildman–Crippen MR) is 113 cm³/mol. The predicted octanol–water partition coefficient (Wildman–Crippen LogP) is 2.83. The quantitative estimate of drug-likeness (QED) is 0.820. The lowest BCUT2D eigenvalue weighted by Gasteiger charge is -2.57. The van der Waals surface area contributed by atoms with Crippen LogP contribution in [0.25, 0.3) is 5.57 Å². The van der Waals surface area contributed by atoms with E-state index in [1.54, 1.807) is 11.2 Å². The lowest BCUT2D eigenvalue weighted by Crippen LogP contribution is -2.67. The van der Waals surface area contributed by atoms with E-state index in [1.165, 1.54) is 29.5 Å². The van der Waals surface area contributed by atoms with Crippen molar-refractivity contribution in [1.82, 2.24) is 9.21 Å². The maximum Gasteiger partial charge on any atom is 0.213 e. The van der Waals surface area contributed by atoms with Crippen molar-refractivity contribution in [2.45, 2.75) is 57.0 Å². The van der Waals surface area contributed by atoms with Gasteiger partial charge in [0.1, 0.15) is 0 Å². The van der Waals surface area contributed by atoms with Crippen molar-refractivity contribution in [3.8, 4) is 0 Å². The molecule has 1 N–H and O–H groups in total. The summed E-state index contributed by atoms with van der Waals surface area (Å²) in [6.45, 7) is 3.93. The van der Waals surface area contributed by atoms with Crippen molar-refractivity contribution >= 4 is 15.6 Å². The molecule has 4 rings (SSSR count). The monoisotopic (exact) mass is 404 g/mol. The molecule has 3 aliphatic rings. The molecule has 5 nitrogen and oxygen atoms in total. The summed E-state index contributed by atoms with van der Waals surface area (Å²) >= 11 is 0. The zero-order valence-electron chi connectivity index (χ0n) is 16.8. The van der Waals surface area contributed by atoms with Gasteiger partial charge in [0.15, 0.2) is 0 Å². The molecule has 0 aromatic heterocycles. The van der Waals surface area contributed by atoms with Crippen LogP contribution < -0.4 is 0 Å². The SMILES string of the molecule is CCS(=O)(=O)N1CCCCN2[C@@H](CO)[C@@H](c3ccc(C4=CCCC4)cc3)[C@@H]2C1. The average molecular weight is 405 g/mol. The molecule has 2 fully saturated rings. The lowest BCUT2D eigenvalue weighted by atomic mass is 9.74. The molecule has 3 atom stereocenters. The molecule has 0 radical (unpaired) electrons. The number of nitrogens with zero attached hydrogens (tertiary/aromatic N) is 2. The Morgan fingerprint density at radius 2 is 1.86 bits per heavy atom. The first kappa shape index (κ1) is 20.1. The van der Waals surface area contributed by atoms with Crippen LogP contribution in [0.5, 0.6) is 0 Å². The molecule has 2 saturated heterocycles. The first-order chi connectivity index (χ1) is 13.5. The second kappa shape index (κ2) is 8.27. The van der Waals surface area contributed by atoms with Gasteiger partial charge in [0.2, 0.25) is 10.0 Å². The Kier molecular flexibility index (Phi) is 5.93. The molecule has 0 spiro atoms. The number of rotatable bonds is 5. The number of fused-ring (bicyclic) bond motifs is 1. The first-order valence-corrected chi connectivity index (χ1v) is 12.3. The van der Waals surface area contributed by atoms with Gasteiger partial charge in [-0.3, -0.25) is 4.90 Å². The molecular formula is C22H32N2O3S. The van der Waals surface area contributed by atoms with Crippen molar-refractivity contribution in [1.29, 1.82) is 0 Å². The third-order valence-electron chi connectivity index (χ3n) is 6.80. The third-order valence-corrected chi connectivity index (χ3v) is 8.65. The fraction of sp³-hybridized carbons (Fsp3) is 0.636. The highest BCUT2D eigenvalue weighted by Crippen LogP contribution is 2.42. The lowest BCUT2D eigenvalue weighted by molar-refractivity contribution is -0.0553. The van der Waals surface area contributed by atoms with Gasteiger partial charge in [0, 0.05) is 31.1 Å². The summed E-state index contributed by atoms with van der Waals surface area (Å²) in [5.41, 5.74) is 3.95. The van der Waals surface area contributed by atoms with Crippen LogP contribution in [0.15, 0.2) is 30.3 Å². The second-order valence-electron chi connectivity index (χ2n) is 8.29. The normalized spacial score (nSPS) is 29.5. The first-order valence-electron chi connectivity index (χ1n) is 10.7. The van der Waals surface area contributed by atoms with E-state index >= 15 is 0 Å². The largest absolute Gasteiger partial charge is 0.395 e. The van der Waals surface area contributed by atoms with Crippen LogP contribution >= 0.6 is 0 Å². The molecular weight excluding hydrogens is 372 g/mol. The maximum absolute atomic E-state index is 12.5. The van der Waals surface area contributed by atoms with Crippen LogP contribution in [-0.4, -0.2) is 66.8 Å². The van der Waals surface area contributed by atoms with E-state index in [2.05, 4.69) is 35.2 Å². The molecule has 0 saturated carbocycles. The number of sulfonamides is 1. The highest BCUT2D eigenvalue weighted by molar-refractivity contribution is 7.89. The molecule has 2 aliphatic heterocycles. The highest BCUT2D eigenvalue weighted by Gasteiger charge is 2.50. The fourth-order valence-electron chi connectivity index (χ4n) is 5.20. The Labute approximate surface area is 169 Å². The number of aliphatic hydroxyl groups excluding tert-OH is 1. The van der Waals surface area contributed by atoms with Crippen LogP contribution in [-0.2, 0) is 10.0 Å². The highest BCUT2D eigenvalue weighted by atomic mass is 32.2. The standard InChI is InChI=1S/C22H32N2O3S/c1-2-28(26,27)23-13-5-6-14-24-20(15-23)22(21(24)16-25)19-11-9-18(10-12-19)17-7-3-4-8-17/h7,9-12,20-22,25H,2-6,8,13-16H2,1H3/t20-,21-,22-/m0/s1. The van der Waals surface area contributed by atoms with E-state index in [4.69, 9.17) is 0 Å². The van der Waals surface area contributed by atoms with E-state index in [9.17, 15) is 13.5 Å². The molecule has 0 bridgehead atoms. The van der Waals surface area contributed by atoms with Crippen LogP contribution in [0.2, 0.25) is 0 Å². The number of allylic oxidation sites excluding steroid dienone is 2. The van der Waals surface area contributed by atoms with Crippen molar-refractivity contribution in [2.24, 2.45) is 0 Å². The van der Waals surface area contributed by atoms with E-state index in [0.29, 0.717) is 13.1 Å². The van der Waals surface area contributed by atoms with Gasteiger partial charge in [-0.15, -0.1) is 0 Å². The van der Waals surface area contributed by atoms with Crippen molar-refractivity contribution in [3.63, 3.8) is 0 Å². The minimum Gasteiger partial charge on any atom is -0.395 e. The molecule has 28 heavy (non-hydrogen) atoms. The summed E-state index contributed by atoms with van der Waals surface area (Å²) in [7, 11) is -3.19. The minimum absolute atomic E-state index is 0.0887. The summed E-state index contributed by atoms with van der Waals surface area (Å²) in [4.78, 5) is 2.33. The van der Waals surface area contributed by atoms with Gasteiger partial charge in [0.05, 0.1) is 12.4 Å². The van der Waals surface area contributed by atoms with Gasteiger partial charge < -0.3 is 5.11 Å². The number of benzene rings is 1. The summed E-state index contributed by atoms with van der Waals surface area (Å²) in [5, 5.41) is 10.0. The molecule has 154 valence electrons. The van der Waals surface area contributed by atoms with E-state index in [0.717, 1.165) is 25.8 Å². The summed E-state index contributed by atoms with van der Waals surface area (Å²) in [6, 6.07) is 9.02. The molecule has 0 unspecified atom stereocenters.